The largest absolute Gasteiger partial charge is 0.497 e. The molecule has 0 bridgehead atoms. The van der Waals surface area contributed by atoms with Crippen LogP contribution in [0, 0.1) is 0 Å². The van der Waals surface area contributed by atoms with Gasteiger partial charge in [0.1, 0.15) is 5.75 Å². The van der Waals surface area contributed by atoms with Gasteiger partial charge in [0.05, 0.1) is 12.7 Å². The van der Waals surface area contributed by atoms with Gasteiger partial charge in [-0.1, -0.05) is 18.2 Å². The van der Waals surface area contributed by atoms with E-state index in [1.54, 1.807) is 11.9 Å². The van der Waals surface area contributed by atoms with Crippen molar-refractivity contribution in [3.63, 3.8) is 0 Å². The number of rotatable bonds is 6. The van der Waals surface area contributed by atoms with Crippen LogP contribution < -0.4 is 20.3 Å². The zero-order valence-electron chi connectivity index (χ0n) is 17.4. The normalized spacial score (nSPS) is 14.7. The van der Waals surface area contributed by atoms with Crippen LogP contribution in [0.2, 0.25) is 0 Å². The van der Waals surface area contributed by atoms with Crippen molar-refractivity contribution in [1.82, 2.24) is 10.6 Å². The maximum absolute atomic E-state index is 13.4. The predicted molar refractivity (Wildman–Crippen MR) is 113 cm³/mol. The molecule has 6 nitrogen and oxygen atoms in total. The molecule has 1 aliphatic heterocycles. The number of methoxy groups -OCH3 is 1. The highest BCUT2D eigenvalue weighted by atomic mass is 19.4. The van der Waals surface area contributed by atoms with E-state index in [-0.39, 0.29) is 23.8 Å². The molecule has 0 saturated carbocycles. The van der Waals surface area contributed by atoms with Gasteiger partial charge in [-0.05, 0) is 41.8 Å². The fourth-order valence-electron chi connectivity index (χ4n) is 3.40. The Labute approximate surface area is 179 Å². The lowest BCUT2D eigenvalue weighted by molar-refractivity contribution is -0.138. The molecule has 9 heteroatoms. The molecular weight excluding hydrogens is 409 g/mol. The van der Waals surface area contributed by atoms with Crippen molar-refractivity contribution in [2.24, 2.45) is 4.99 Å². The van der Waals surface area contributed by atoms with E-state index in [4.69, 9.17) is 4.74 Å². The summed E-state index contributed by atoms with van der Waals surface area (Å²) in [5.41, 5.74) is 1.17. The molecule has 1 saturated heterocycles. The number of carbonyl (C=O) groups excluding carboxylic acids is 1. The lowest BCUT2D eigenvalue weighted by Crippen LogP contribution is -2.36. The minimum Gasteiger partial charge on any atom is -0.497 e. The smallest absolute Gasteiger partial charge is 0.416 e. The first-order chi connectivity index (χ1) is 14.8. The van der Waals surface area contributed by atoms with Crippen molar-refractivity contribution in [2.75, 3.05) is 25.6 Å². The summed E-state index contributed by atoms with van der Waals surface area (Å²) in [5.74, 6) is 0.660. The molecule has 0 aliphatic carbocycles. The average Bonchev–Trinajstić information content (AvgIpc) is 3.19. The van der Waals surface area contributed by atoms with Crippen molar-refractivity contribution in [1.29, 1.82) is 0 Å². The third kappa shape index (κ3) is 5.68. The summed E-state index contributed by atoms with van der Waals surface area (Å²) in [6.07, 6.45) is -3.04. The molecule has 0 atom stereocenters. The number of aliphatic imine (C=N–C) groups is 1. The summed E-state index contributed by atoms with van der Waals surface area (Å²) in [6.45, 7) is 1.12. The van der Waals surface area contributed by atoms with Gasteiger partial charge in [0.15, 0.2) is 5.96 Å². The molecule has 0 radical (unpaired) electrons. The van der Waals surface area contributed by atoms with E-state index >= 15 is 0 Å². The van der Waals surface area contributed by atoms with Crippen LogP contribution in [0.3, 0.4) is 0 Å². The second kappa shape index (κ2) is 9.72. The number of halogens is 3. The fourth-order valence-corrected chi connectivity index (χ4v) is 3.40. The number of alkyl halides is 3. The van der Waals surface area contributed by atoms with Crippen LogP contribution in [0.1, 0.15) is 29.5 Å². The number of amides is 1. The van der Waals surface area contributed by atoms with Crippen LogP contribution in [0.4, 0.5) is 18.9 Å². The maximum Gasteiger partial charge on any atom is 0.416 e. The van der Waals surface area contributed by atoms with Gasteiger partial charge in [-0.3, -0.25) is 9.79 Å². The average molecular weight is 434 g/mol. The zero-order valence-corrected chi connectivity index (χ0v) is 17.4. The van der Waals surface area contributed by atoms with E-state index in [0.717, 1.165) is 30.3 Å². The first-order valence-corrected chi connectivity index (χ1v) is 9.89. The first kappa shape index (κ1) is 22.5. The Balaban J connectivity index is 1.59. The summed E-state index contributed by atoms with van der Waals surface area (Å²) in [6, 6.07) is 11.5. The maximum atomic E-state index is 13.4. The molecule has 1 fully saturated rings. The van der Waals surface area contributed by atoms with Crippen molar-refractivity contribution >= 4 is 17.6 Å². The van der Waals surface area contributed by atoms with Gasteiger partial charge < -0.3 is 20.3 Å². The summed E-state index contributed by atoms with van der Waals surface area (Å²) in [7, 11) is 2.88. The van der Waals surface area contributed by atoms with Crippen LogP contribution in [-0.2, 0) is 24.1 Å². The van der Waals surface area contributed by atoms with Crippen molar-refractivity contribution in [3.05, 3.63) is 59.2 Å². The topological polar surface area (TPSA) is 66.0 Å². The van der Waals surface area contributed by atoms with E-state index in [1.807, 2.05) is 24.3 Å². The van der Waals surface area contributed by atoms with E-state index in [0.29, 0.717) is 18.9 Å². The lowest BCUT2D eigenvalue weighted by Gasteiger charge is -2.17. The SMILES string of the molecule is CN=C(NCc1ccc(N2CCCC2=O)cc1)NCc1ccc(OC)cc1C(F)(F)F. The molecule has 1 heterocycles. The molecule has 1 aliphatic rings. The highest BCUT2D eigenvalue weighted by Crippen LogP contribution is 2.34. The quantitative estimate of drug-likeness (QED) is 0.538. The number of anilines is 1. The predicted octanol–water partition coefficient (Wildman–Crippen LogP) is 3.71. The van der Waals surface area contributed by atoms with Crippen molar-refractivity contribution in [2.45, 2.75) is 32.1 Å². The number of benzene rings is 2. The minimum atomic E-state index is -4.49. The van der Waals surface area contributed by atoms with E-state index in [2.05, 4.69) is 15.6 Å². The summed E-state index contributed by atoms with van der Waals surface area (Å²) >= 11 is 0. The Bertz CT molecular complexity index is 943. The fraction of sp³-hybridized carbons (Fsp3) is 0.364. The number of nitrogens with one attached hydrogen (secondary N) is 2. The highest BCUT2D eigenvalue weighted by molar-refractivity contribution is 5.95. The lowest BCUT2D eigenvalue weighted by atomic mass is 10.1. The van der Waals surface area contributed by atoms with Gasteiger partial charge in [-0.15, -0.1) is 0 Å². The molecule has 166 valence electrons. The Kier molecular flexibility index (Phi) is 7.04. The van der Waals surface area contributed by atoms with Crippen LogP contribution >= 0.6 is 0 Å². The van der Waals surface area contributed by atoms with Crippen LogP contribution in [-0.4, -0.2) is 32.6 Å². The van der Waals surface area contributed by atoms with Crippen LogP contribution in [0.5, 0.6) is 5.75 Å². The highest BCUT2D eigenvalue weighted by Gasteiger charge is 2.33. The number of nitrogens with zero attached hydrogens (tertiary/aromatic N) is 2. The molecule has 2 aromatic carbocycles. The van der Waals surface area contributed by atoms with E-state index in [9.17, 15) is 18.0 Å². The number of ether oxygens (including phenoxy) is 1. The molecule has 0 spiro atoms. The van der Waals surface area contributed by atoms with Gasteiger partial charge in [0.2, 0.25) is 5.91 Å². The standard InChI is InChI=1S/C22H25F3N4O2/c1-26-21(28-14-16-7-10-18(31-2)12-19(16)22(23,24)25)27-13-15-5-8-17(9-6-15)29-11-3-4-20(29)30/h5-10,12H,3-4,11,13-14H2,1-2H3,(H2,26,27,28). The van der Waals surface area contributed by atoms with E-state index in [1.165, 1.54) is 19.2 Å². The molecule has 2 N–H and O–H groups in total. The van der Waals surface area contributed by atoms with Gasteiger partial charge in [0, 0.05) is 38.8 Å². The molecule has 3 rings (SSSR count). The zero-order chi connectivity index (χ0) is 22.4. The Morgan fingerprint density at radius 3 is 2.42 bits per heavy atom. The van der Waals surface area contributed by atoms with Gasteiger partial charge >= 0.3 is 6.18 Å². The van der Waals surface area contributed by atoms with Crippen LogP contribution in [0.25, 0.3) is 0 Å². The summed E-state index contributed by atoms with van der Waals surface area (Å²) in [5, 5.41) is 6.00. The van der Waals surface area contributed by atoms with E-state index < -0.39 is 11.7 Å². The molecule has 1 amide bonds. The third-order valence-electron chi connectivity index (χ3n) is 5.07. The number of guanidine groups is 1. The number of carbonyl (C=O) groups is 1. The minimum absolute atomic E-state index is 0.0471. The number of hydrogen-bond donors (Lipinski definition) is 2. The van der Waals surface area contributed by atoms with Crippen molar-refractivity contribution in [3.8, 4) is 5.75 Å². The first-order valence-electron chi connectivity index (χ1n) is 9.89. The number of hydrogen-bond acceptors (Lipinski definition) is 3. The second-order valence-corrected chi connectivity index (χ2v) is 7.12. The summed E-state index contributed by atoms with van der Waals surface area (Å²) in [4.78, 5) is 17.7. The summed E-state index contributed by atoms with van der Waals surface area (Å²) < 4.78 is 45.0. The van der Waals surface area contributed by atoms with Gasteiger partial charge in [0.25, 0.3) is 0 Å². The Morgan fingerprint density at radius 1 is 1.13 bits per heavy atom. The third-order valence-corrected chi connectivity index (χ3v) is 5.07. The second-order valence-electron chi connectivity index (χ2n) is 7.12. The Morgan fingerprint density at radius 2 is 1.84 bits per heavy atom. The van der Waals surface area contributed by atoms with Crippen molar-refractivity contribution < 1.29 is 22.7 Å². The van der Waals surface area contributed by atoms with Gasteiger partial charge in [-0.2, -0.15) is 13.2 Å². The molecule has 2 aromatic rings. The monoisotopic (exact) mass is 434 g/mol. The molecule has 0 aromatic heterocycles. The molecular formula is C22H25F3N4O2. The molecule has 0 unspecified atom stereocenters. The molecule has 31 heavy (non-hydrogen) atoms. The van der Waals surface area contributed by atoms with Gasteiger partial charge in [-0.25, -0.2) is 0 Å². The van der Waals surface area contributed by atoms with Crippen LogP contribution in [0.15, 0.2) is 47.5 Å². The Hall–Kier alpha value is -3.23.